The number of hydrogen-bond acceptors (Lipinski definition) is 6. The average Bonchev–Trinajstić information content (AvgIpc) is 3.29. The van der Waals surface area contributed by atoms with E-state index >= 15 is 0 Å². The highest BCUT2D eigenvalue weighted by Crippen LogP contribution is 2.29. The third-order valence-electron chi connectivity index (χ3n) is 5.01. The van der Waals surface area contributed by atoms with Crippen LogP contribution in [0.3, 0.4) is 0 Å². The fraction of sp³-hybridized carbons (Fsp3) is 0.190. The first-order valence-electron chi connectivity index (χ1n) is 9.06. The third-order valence-corrected chi connectivity index (χ3v) is 6.21. The Balaban J connectivity index is 1.48. The van der Waals surface area contributed by atoms with Gasteiger partial charge in [0.1, 0.15) is 21.9 Å². The first-order valence-corrected chi connectivity index (χ1v) is 9.88. The zero-order valence-corrected chi connectivity index (χ0v) is 16.3. The molecule has 28 heavy (non-hydrogen) atoms. The summed E-state index contributed by atoms with van der Waals surface area (Å²) in [5.41, 5.74) is 2.31. The predicted octanol–water partition coefficient (Wildman–Crippen LogP) is 4.47. The standard InChI is InChI=1S/C21H18N4O2S/c1-12(21-22-14-8-4-6-10-16(14)28-21)25(2)11-17-23-18-13-7-3-5-9-15(13)27-19(18)20(26)24-17/h3-10,12H,11H2,1-2H3,(H,23,24,26)/t12-/m1/s1. The number of fused-ring (bicyclic) bond motifs is 4. The van der Waals surface area contributed by atoms with Gasteiger partial charge in [-0.1, -0.05) is 24.3 Å². The van der Waals surface area contributed by atoms with Crippen LogP contribution >= 0.6 is 11.3 Å². The highest BCUT2D eigenvalue weighted by atomic mass is 32.1. The van der Waals surface area contributed by atoms with Crippen LogP contribution in [0.5, 0.6) is 0 Å². The number of aromatic amines is 1. The Hall–Kier alpha value is -3.03. The van der Waals surface area contributed by atoms with Crippen LogP contribution in [0.2, 0.25) is 0 Å². The molecule has 140 valence electrons. The maximum absolute atomic E-state index is 12.5. The Labute approximate surface area is 164 Å². The number of aromatic nitrogens is 3. The van der Waals surface area contributed by atoms with Crippen LogP contribution in [0.25, 0.3) is 32.3 Å². The molecule has 7 heteroatoms. The summed E-state index contributed by atoms with van der Waals surface area (Å²) < 4.78 is 6.84. The van der Waals surface area contributed by atoms with Crippen molar-refractivity contribution in [3.05, 3.63) is 69.7 Å². The molecule has 1 N–H and O–H groups in total. The van der Waals surface area contributed by atoms with Crippen molar-refractivity contribution in [3.8, 4) is 0 Å². The molecule has 0 aliphatic heterocycles. The van der Waals surface area contributed by atoms with Crippen LogP contribution in [0.15, 0.2) is 57.7 Å². The van der Waals surface area contributed by atoms with Gasteiger partial charge in [-0.3, -0.25) is 9.69 Å². The molecule has 0 bridgehead atoms. The molecule has 0 saturated carbocycles. The normalized spacial score (nSPS) is 13.1. The molecule has 0 amide bonds. The molecule has 1 atom stereocenters. The van der Waals surface area contributed by atoms with Gasteiger partial charge in [0, 0.05) is 5.39 Å². The van der Waals surface area contributed by atoms with E-state index in [0.717, 1.165) is 15.9 Å². The predicted molar refractivity (Wildman–Crippen MR) is 112 cm³/mol. The second-order valence-electron chi connectivity index (χ2n) is 6.90. The Bertz CT molecular complexity index is 1330. The van der Waals surface area contributed by atoms with E-state index in [4.69, 9.17) is 9.40 Å². The molecule has 3 heterocycles. The highest BCUT2D eigenvalue weighted by Gasteiger charge is 2.19. The zero-order valence-electron chi connectivity index (χ0n) is 15.5. The van der Waals surface area contributed by atoms with Crippen molar-refractivity contribution < 1.29 is 4.42 Å². The number of H-pyrrole nitrogens is 1. The smallest absolute Gasteiger partial charge is 0.294 e. The fourth-order valence-electron chi connectivity index (χ4n) is 3.35. The van der Waals surface area contributed by atoms with Crippen molar-refractivity contribution in [1.29, 1.82) is 0 Å². The molecule has 0 radical (unpaired) electrons. The van der Waals surface area contributed by atoms with Gasteiger partial charge in [-0.15, -0.1) is 11.3 Å². The molecule has 0 saturated heterocycles. The number of hydrogen-bond donors (Lipinski definition) is 1. The third kappa shape index (κ3) is 2.80. The first kappa shape index (κ1) is 17.1. The van der Waals surface area contributed by atoms with Crippen LogP contribution in [0.4, 0.5) is 0 Å². The lowest BCUT2D eigenvalue weighted by Gasteiger charge is -2.22. The molecular weight excluding hydrogens is 372 g/mol. The summed E-state index contributed by atoms with van der Waals surface area (Å²) in [6.07, 6.45) is 0. The van der Waals surface area contributed by atoms with Crippen LogP contribution in [0, 0.1) is 0 Å². The second-order valence-corrected chi connectivity index (χ2v) is 7.96. The lowest BCUT2D eigenvalue weighted by atomic mass is 10.2. The van der Waals surface area contributed by atoms with E-state index in [1.54, 1.807) is 11.3 Å². The summed E-state index contributed by atoms with van der Waals surface area (Å²) in [6.45, 7) is 2.61. The van der Waals surface area contributed by atoms with Crippen molar-refractivity contribution >= 4 is 43.6 Å². The lowest BCUT2D eigenvalue weighted by molar-refractivity contribution is 0.246. The largest absolute Gasteiger partial charge is 0.449 e. The fourth-order valence-corrected chi connectivity index (χ4v) is 4.44. The van der Waals surface area contributed by atoms with E-state index < -0.39 is 0 Å². The van der Waals surface area contributed by atoms with E-state index in [1.165, 1.54) is 4.70 Å². The topological polar surface area (TPSA) is 75.0 Å². The van der Waals surface area contributed by atoms with Crippen LogP contribution in [-0.2, 0) is 6.54 Å². The van der Waals surface area contributed by atoms with E-state index in [2.05, 4.69) is 27.9 Å². The minimum Gasteiger partial charge on any atom is -0.449 e. The number of thiazole rings is 1. The molecule has 0 unspecified atom stereocenters. The van der Waals surface area contributed by atoms with Gasteiger partial charge in [0.05, 0.1) is 22.8 Å². The van der Waals surface area contributed by atoms with Gasteiger partial charge in [-0.25, -0.2) is 9.97 Å². The highest BCUT2D eigenvalue weighted by molar-refractivity contribution is 7.18. The van der Waals surface area contributed by atoms with Gasteiger partial charge in [0.2, 0.25) is 5.58 Å². The molecular formula is C21H18N4O2S. The molecule has 3 aromatic heterocycles. The zero-order chi connectivity index (χ0) is 19.3. The summed E-state index contributed by atoms with van der Waals surface area (Å²) in [7, 11) is 2.01. The van der Waals surface area contributed by atoms with Gasteiger partial charge < -0.3 is 9.40 Å². The summed E-state index contributed by atoms with van der Waals surface area (Å²) in [6, 6.07) is 15.8. The minimum absolute atomic E-state index is 0.0968. The van der Waals surface area contributed by atoms with Crippen LogP contribution in [0.1, 0.15) is 23.8 Å². The van der Waals surface area contributed by atoms with E-state index in [0.29, 0.717) is 23.5 Å². The van der Waals surface area contributed by atoms with Gasteiger partial charge in [-0.05, 0) is 38.2 Å². The molecule has 5 rings (SSSR count). The monoisotopic (exact) mass is 390 g/mol. The second kappa shape index (κ2) is 6.54. The Morgan fingerprint density at radius 3 is 2.79 bits per heavy atom. The van der Waals surface area contributed by atoms with Gasteiger partial charge >= 0.3 is 0 Å². The minimum atomic E-state index is -0.253. The summed E-state index contributed by atoms with van der Waals surface area (Å²) in [5, 5.41) is 1.90. The summed E-state index contributed by atoms with van der Waals surface area (Å²) in [5.74, 6) is 0.611. The molecule has 0 fully saturated rings. The molecule has 6 nitrogen and oxygen atoms in total. The number of nitrogens with one attached hydrogen (secondary N) is 1. The van der Waals surface area contributed by atoms with Crippen LogP contribution in [-0.4, -0.2) is 26.9 Å². The van der Waals surface area contributed by atoms with E-state index in [-0.39, 0.29) is 17.2 Å². The number of para-hydroxylation sites is 2. The molecule has 0 aliphatic carbocycles. The lowest BCUT2D eigenvalue weighted by Crippen LogP contribution is -2.24. The van der Waals surface area contributed by atoms with Gasteiger partial charge in [-0.2, -0.15) is 0 Å². The van der Waals surface area contributed by atoms with E-state index in [9.17, 15) is 4.79 Å². The average molecular weight is 390 g/mol. The van der Waals surface area contributed by atoms with Gasteiger partial charge in [0.15, 0.2) is 0 Å². The Morgan fingerprint density at radius 1 is 1.14 bits per heavy atom. The number of nitrogens with zero attached hydrogens (tertiary/aromatic N) is 3. The number of benzene rings is 2. The first-order chi connectivity index (χ1) is 13.6. The number of rotatable bonds is 4. The molecule has 5 aromatic rings. The Kier molecular flexibility index (Phi) is 3.99. The summed E-state index contributed by atoms with van der Waals surface area (Å²) in [4.78, 5) is 26.9. The van der Waals surface area contributed by atoms with Crippen molar-refractivity contribution in [2.75, 3.05) is 7.05 Å². The Morgan fingerprint density at radius 2 is 1.93 bits per heavy atom. The van der Waals surface area contributed by atoms with Crippen molar-refractivity contribution in [2.24, 2.45) is 0 Å². The quantitative estimate of drug-likeness (QED) is 0.490. The number of furan rings is 1. The SMILES string of the molecule is C[C@H](c1nc2ccccc2s1)N(C)Cc1nc2c(oc3ccccc32)c(=O)[nH]1. The molecule has 2 aromatic carbocycles. The molecule has 0 aliphatic rings. The van der Waals surface area contributed by atoms with Crippen LogP contribution < -0.4 is 5.56 Å². The summed E-state index contributed by atoms with van der Waals surface area (Å²) >= 11 is 1.69. The maximum Gasteiger partial charge on any atom is 0.294 e. The van der Waals surface area contributed by atoms with Crippen molar-refractivity contribution in [3.63, 3.8) is 0 Å². The maximum atomic E-state index is 12.5. The van der Waals surface area contributed by atoms with E-state index in [1.807, 2.05) is 49.5 Å². The van der Waals surface area contributed by atoms with Gasteiger partial charge in [0.25, 0.3) is 5.56 Å². The molecule has 0 spiro atoms. The van der Waals surface area contributed by atoms with Crippen molar-refractivity contribution in [2.45, 2.75) is 19.5 Å². The van der Waals surface area contributed by atoms with Crippen molar-refractivity contribution in [1.82, 2.24) is 19.9 Å².